The average molecular weight is 319 g/mol. The van der Waals surface area contributed by atoms with E-state index < -0.39 is 5.82 Å². The van der Waals surface area contributed by atoms with Crippen LogP contribution in [0.15, 0.2) is 18.2 Å². The fourth-order valence-electron chi connectivity index (χ4n) is 3.31. The van der Waals surface area contributed by atoms with Crippen molar-refractivity contribution in [3.63, 3.8) is 0 Å². The second kappa shape index (κ2) is 5.88. The lowest BCUT2D eigenvalue weighted by atomic mass is 9.98. The molecule has 3 nitrogen and oxygen atoms in total. The number of nitrogens with zero attached hydrogens (tertiary/aromatic N) is 1. The Hall–Kier alpha value is -0.840. The van der Waals surface area contributed by atoms with Gasteiger partial charge < -0.3 is 10.6 Å². The van der Waals surface area contributed by atoms with Gasteiger partial charge in [-0.2, -0.15) is 0 Å². The summed E-state index contributed by atoms with van der Waals surface area (Å²) in [6, 6.07) is 4.70. The number of amides is 1. The third-order valence-corrected chi connectivity index (χ3v) is 4.67. The normalized spacial score (nSPS) is 28.1. The van der Waals surface area contributed by atoms with Crippen molar-refractivity contribution in [3.8, 4) is 0 Å². The molecule has 2 fully saturated rings. The number of fused-ring (bicyclic) bond motifs is 1. The molecule has 1 amide bonds. The molecule has 1 heterocycles. The van der Waals surface area contributed by atoms with Gasteiger partial charge in [0, 0.05) is 19.1 Å². The summed E-state index contributed by atoms with van der Waals surface area (Å²) in [4.78, 5) is 14.1. The minimum absolute atomic E-state index is 0. The van der Waals surface area contributed by atoms with E-state index in [9.17, 15) is 9.18 Å². The molecule has 3 rings (SSSR count). The Labute approximate surface area is 128 Å². The zero-order valence-corrected chi connectivity index (χ0v) is 12.5. The van der Waals surface area contributed by atoms with Crippen LogP contribution >= 0.6 is 24.0 Å². The maximum Gasteiger partial charge on any atom is 0.256 e. The van der Waals surface area contributed by atoms with Gasteiger partial charge in [0.2, 0.25) is 0 Å². The molecular formula is C14H17Cl2FN2O. The van der Waals surface area contributed by atoms with Crippen molar-refractivity contribution in [3.05, 3.63) is 34.6 Å². The Bertz CT molecular complexity index is 526. The fourth-order valence-corrected chi connectivity index (χ4v) is 3.49. The highest BCUT2D eigenvalue weighted by Gasteiger charge is 2.42. The fraction of sp³-hybridized carbons (Fsp3) is 0.500. The summed E-state index contributed by atoms with van der Waals surface area (Å²) in [5.74, 6) is -0.0653. The van der Waals surface area contributed by atoms with Crippen LogP contribution < -0.4 is 5.73 Å². The maximum absolute atomic E-state index is 13.9. The molecule has 2 aliphatic rings. The van der Waals surface area contributed by atoms with Crippen LogP contribution in [0.25, 0.3) is 0 Å². The number of benzene rings is 1. The smallest absolute Gasteiger partial charge is 0.256 e. The van der Waals surface area contributed by atoms with Crippen molar-refractivity contribution in [2.75, 3.05) is 13.1 Å². The third-order valence-electron chi connectivity index (χ3n) is 4.38. The van der Waals surface area contributed by atoms with Crippen molar-refractivity contribution in [2.24, 2.45) is 17.6 Å². The lowest BCUT2D eigenvalue weighted by molar-refractivity contribution is 0.0775. The van der Waals surface area contributed by atoms with Gasteiger partial charge in [-0.3, -0.25) is 4.79 Å². The van der Waals surface area contributed by atoms with E-state index in [-0.39, 0.29) is 34.9 Å². The summed E-state index contributed by atoms with van der Waals surface area (Å²) >= 11 is 5.72. The molecule has 2 N–H and O–H groups in total. The van der Waals surface area contributed by atoms with E-state index in [1.54, 1.807) is 11.0 Å². The van der Waals surface area contributed by atoms with E-state index >= 15 is 0 Å². The SMILES string of the molecule is Cl.NC1CCC2CN(C(=O)c3cccc(Cl)c3F)CC12. The van der Waals surface area contributed by atoms with Crippen molar-refractivity contribution in [2.45, 2.75) is 18.9 Å². The highest BCUT2D eigenvalue weighted by atomic mass is 35.5. The zero-order valence-electron chi connectivity index (χ0n) is 10.9. The number of nitrogens with two attached hydrogens (primary N) is 1. The molecule has 3 unspecified atom stereocenters. The van der Waals surface area contributed by atoms with Gasteiger partial charge in [0.15, 0.2) is 5.82 Å². The predicted molar refractivity (Wildman–Crippen MR) is 78.8 cm³/mol. The predicted octanol–water partition coefficient (Wildman–Crippen LogP) is 2.71. The van der Waals surface area contributed by atoms with Crippen LogP contribution in [0.3, 0.4) is 0 Å². The van der Waals surface area contributed by atoms with E-state index in [1.165, 1.54) is 12.1 Å². The first-order valence-electron chi connectivity index (χ1n) is 6.57. The van der Waals surface area contributed by atoms with E-state index in [0.29, 0.717) is 24.9 Å². The number of carbonyl (C=O) groups is 1. The minimum atomic E-state index is -0.629. The molecule has 1 aromatic rings. The maximum atomic E-state index is 13.9. The van der Waals surface area contributed by atoms with Crippen LogP contribution in [0.2, 0.25) is 5.02 Å². The Balaban J connectivity index is 0.00000147. The van der Waals surface area contributed by atoms with E-state index in [2.05, 4.69) is 0 Å². The van der Waals surface area contributed by atoms with Crippen LogP contribution in [0.5, 0.6) is 0 Å². The Morgan fingerprint density at radius 3 is 2.80 bits per heavy atom. The molecule has 0 radical (unpaired) electrons. The number of hydrogen-bond acceptors (Lipinski definition) is 2. The highest BCUT2D eigenvalue weighted by molar-refractivity contribution is 6.31. The molecule has 6 heteroatoms. The lowest BCUT2D eigenvalue weighted by Gasteiger charge is -2.19. The third kappa shape index (κ3) is 2.52. The lowest BCUT2D eigenvalue weighted by Crippen LogP contribution is -2.33. The van der Waals surface area contributed by atoms with Crippen molar-refractivity contribution in [1.82, 2.24) is 4.90 Å². The van der Waals surface area contributed by atoms with Gasteiger partial charge in [0.05, 0.1) is 10.6 Å². The number of likely N-dealkylation sites (tertiary alicyclic amines) is 1. The summed E-state index contributed by atoms with van der Waals surface area (Å²) in [7, 11) is 0. The number of halogens is 3. The van der Waals surface area contributed by atoms with E-state index in [0.717, 1.165) is 12.8 Å². The molecular weight excluding hydrogens is 302 g/mol. The average Bonchev–Trinajstić information content (AvgIpc) is 2.95. The molecule has 1 saturated carbocycles. The summed E-state index contributed by atoms with van der Waals surface area (Å²) in [6.07, 6.45) is 2.09. The first-order valence-corrected chi connectivity index (χ1v) is 6.94. The molecule has 1 aliphatic heterocycles. The molecule has 1 aromatic carbocycles. The quantitative estimate of drug-likeness (QED) is 0.865. The van der Waals surface area contributed by atoms with Gasteiger partial charge in [-0.1, -0.05) is 17.7 Å². The van der Waals surface area contributed by atoms with Crippen LogP contribution in [-0.2, 0) is 0 Å². The van der Waals surface area contributed by atoms with Crippen LogP contribution in [0.4, 0.5) is 4.39 Å². The summed E-state index contributed by atoms with van der Waals surface area (Å²) < 4.78 is 13.9. The number of hydrogen-bond donors (Lipinski definition) is 1. The van der Waals surface area contributed by atoms with Gasteiger partial charge in [-0.15, -0.1) is 12.4 Å². The number of carbonyl (C=O) groups excluding carboxylic acids is 1. The molecule has 0 bridgehead atoms. The zero-order chi connectivity index (χ0) is 13.6. The van der Waals surface area contributed by atoms with Gasteiger partial charge in [-0.05, 0) is 36.8 Å². The van der Waals surface area contributed by atoms with Gasteiger partial charge >= 0.3 is 0 Å². The highest BCUT2D eigenvalue weighted by Crippen LogP contribution is 2.37. The summed E-state index contributed by atoms with van der Waals surface area (Å²) in [6.45, 7) is 1.32. The van der Waals surface area contributed by atoms with Gasteiger partial charge in [0.25, 0.3) is 5.91 Å². The van der Waals surface area contributed by atoms with Gasteiger partial charge in [0.1, 0.15) is 0 Å². The second-order valence-electron chi connectivity index (χ2n) is 5.48. The second-order valence-corrected chi connectivity index (χ2v) is 5.88. The molecule has 1 aliphatic carbocycles. The van der Waals surface area contributed by atoms with E-state index in [1.807, 2.05) is 0 Å². The minimum Gasteiger partial charge on any atom is -0.338 e. The molecule has 1 saturated heterocycles. The molecule has 20 heavy (non-hydrogen) atoms. The van der Waals surface area contributed by atoms with Crippen LogP contribution in [0.1, 0.15) is 23.2 Å². The van der Waals surface area contributed by atoms with Crippen molar-refractivity contribution in [1.29, 1.82) is 0 Å². The first-order chi connectivity index (χ1) is 9.08. The molecule has 0 aromatic heterocycles. The van der Waals surface area contributed by atoms with Crippen molar-refractivity contribution < 1.29 is 9.18 Å². The summed E-state index contributed by atoms with van der Waals surface area (Å²) in [5, 5.41) is -0.0121. The largest absolute Gasteiger partial charge is 0.338 e. The van der Waals surface area contributed by atoms with Crippen molar-refractivity contribution >= 4 is 29.9 Å². The van der Waals surface area contributed by atoms with Gasteiger partial charge in [-0.25, -0.2) is 4.39 Å². The van der Waals surface area contributed by atoms with E-state index in [4.69, 9.17) is 17.3 Å². The first kappa shape index (κ1) is 15.5. The Morgan fingerprint density at radius 1 is 1.35 bits per heavy atom. The summed E-state index contributed by atoms with van der Waals surface area (Å²) in [5.41, 5.74) is 6.10. The molecule has 110 valence electrons. The molecule has 0 spiro atoms. The van der Waals surface area contributed by atoms with Crippen LogP contribution in [0, 0.1) is 17.7 Å². The Kier molecular flexibility index (Phi) is 4.57. The topological polar surface area (TPSA) is 46.3 Å². The van der Waals surface area contributed by atoms with Crippen LogP contribution in [-0.4, -0.2) is 29.9 Å². The standard InChI is InChI=1S/C14H16ClFN2O.ClH/c15-11-3-1-2-9(13(11)16)14(19)18-6-8-4-5-12(17)10(8)7-18;/h1-3,8,10,12H,4-7,17H2;1H. The number of rotatable bonds is 1. The Morgan fingerprint density at radius 2 is 2.10 bits per heavy atom. The molecule has 3 atom stereocenters. The monoisotopic (exact) mass is 318 g/mol.